The van der Waals surface area contributed by atoms with Crippen molar-refractivity contribution < 1.29 is 57.6 Å². The van der Waals surface area contributed by atoms with Crippen LogP contribution in [0.1, 0.15) is 108 Å². The zero-order valence-corrected chi connectivity index (χ0v) is 44.6. The fraction of sp³-hybridized carbons (Fsp3) is 0.655. The summed E-state index contributed by atoms with van der Waals surface area (Å²) in [5.41, 5.74) is 35.4. The lowest BCUT2D eigenvalue weighted by atomic mass is 9.83. The highest BCUT2D eigenvalue weighted by molar-refractivity contribution is 5.79. The Labute approximate surface area is 450 Å². The largest absolute Gasteiger partial charge is 0.449 e. The summed E-state index contributed by atoms with van der Waals surface area (Å²) in [6.07, 6.45) is -9.25. The number of alkyl carbamates (subject to hydrolysis) is 1. The summed E-state index contributed by atoms with van der Waals surface area (Å²) in [5.74, 6) is -0.188. The number of azide groups is 3. The maximum absolute atomic E-state index is 13.8. The third-order valence-corrected chi connectivity index (χ3v) is 14.6. The van der Waals surface area contributed by atoms with E-state index in [0.717, 1.165) is 53.5 Å². The minimum atomic E-state index is -1.48. The van der Waals surface area contributed by atoms with Crippen molar-refractivity contribution in [2.45, 2.75) is 190 Å². The van der Waals surface area contributed by atoms with E-state index in [-0.39, 0.29) is 51.7 Å². The van der Waals surface area contributed by atoms with Crippen molar-refractivity contribution in [3.8, 4) is 11.1 Å². The van der Waals surface area contributed by atoms with Crippen molar-refractivity contribution >= 4 is 6.09 Å². The van der Waals surface area contributed by atoms with Crippen molar-refractivity contribution in [2.75, 3.05) is 39.6 Å². The van der Waals surface area contributed by atoms with Crippen LogP contribution in [0, 0.1) is 0 Å². The molecule has 22 nitrogen and oxygen atoms in total. The van der Waals surface area contributed by atoms with E-state index < -0.39 is 97.8 Å². The molecule has 418 valence electrons. The number of ether oxygens (including phenoxy) is 9. The minimum absolute atomic E-state index is 0.0659. The molecule has 2 saturated heterocycles. The van der Waals surface area contributed by atoms with Gasteiger partial charge in [-0.3, -0.25) is 0 Å². The third-order valence-electron chi connectivity index (χ3n) is 14.6. The van der Waals surface area contributed by atoms with Crippen molar-refractivity contribution in [1.29, 1.82) is 0 Å². The third kappa shape index (κ3) is 15.2. The van der Waals surface area contributed by atoms with Gasteiger partial charge in [0, 0.05) is 60.0 Å². The number of rotatable bonds is 30. The molecule has 2 heterocycles. The fourth-order valence-electron chi connectivity index (χ4n) is 10.6. The second kappa shape index (κ2) is 30.6. The highest BCUT2D eigenvalue weighted by atomic mass is 16.8. The van der Waals surface area contributed by atoms with E-state index in [2.05, 4.69) is 47.5 Å². The highest BCUT2D eigenvalue weighted by Crippen LogP contribution is 2.45. The minimum Gasteiger partial charge on any atom is -0.449 e. The second-order valence-electron chi connectivity index (χ2n) is 19.9. The zero-order chi connectivity index (χ0) is 54.5. The van der Waals surface area contributed by atoms with E-state index >= 15 is 0 Å². The van der Waals surface area contributed by atoms with Crippen LogP contribution in [0.3, 0.4) is 0 Å². The van der Waals surface area contributed by atoms with Gasteiger partial charge >= 0.3 is 6.09 Å². The first-order valence-electron chi connectivity index (χ1n) is 27.4. The molecule has 2 aliphatic carbocycles. The van der Waals surface area contributed by atoms with Crippen LogP contribution in [0.5, 0.6) is 0 Å². The molecule has 1 saturated carbocycles. The number of aliphatic hydroxyl groups is 2. The zero-order valence-electron chi connectivity index (χ0n) is 44.6. The molecule has 3 aromatic carbocycles. The Morgan fingerprint density at radius 2 is 1.17 bits per heavy atom. The molecule has 77 heavy (non-hydrogen) atoms. The predicted molar refractivity (Wildman–Crippen MR) is 284 cm³/mol. The lowest BCUT2D eigenvalue weighted by Gasteiger charge is -2.49. The van der Waals surface area contributed by atoms with Gasteiger partial charge in [0.25, 0.3) is 0 Å². The van der Waals surface area contributed by atoms with E-state index in [0.29, 0.717) is 32.3 Å². The van der Waals surface area contributed by atoms with Gasteiger partial charge in [-0.15, -0.1) is 0 Å². The molecule has 0 bridgehead atoms. The Hall–Kier alpha value is -5.54. The highest BCUT2D eigenvalue weighted by Gasteiger charge is 2.56. The van der Waals surface area contributed by atoms with Crippen molar-refractivity contribution in [2.24, 2.45) is 15.3 Å². The summed E-state index contributed by atoms with van der Waals surface area (Å²) in [6.45, 7) is 8.91. The molecule has 3 aromatic rings. The summed E-state index contributed by atoms with van der Waals surface area (Å²) >= 11 is 0. The molecule has 4 aliphatic rings. The number of amides is 1. The van der Waals surface area contributed by atoms with E-state index in [4.69, 9.17) is 42.6 Å². The van der Waals surface area contributed by atoms with Gasteiger partial charge in [-0.05, 0) is 76.5 Å². The molecule has 15 unspecified atom stereocenters. The van der Waals surface area contributed by atoms with Gasteiger partial charge in [-0.1, -0.05) is 148 Å². The summed E-state index contributed by atoms with van der Waals surface area (Å²) in [4.78, 5) is 23.4. The van der Waals surface area contributed by atoms with Crippen molar-refractivity contribution in [3.63, 3.8) is 0 Å². The Morgan fingerprint density at radius 3 is 1.75 bits per heavy atom. The quantitative estimate of drug-likeness (QED) is 0.0243. The van der Waals surface area contributed by atoms with Crippen LogP contribution in [0.25, 0.3) is 42.5 Å². The van der Waals surface area contributed by atoms with Crippen LogP contribution >= 0.6 is 0 Å². The molecular formula is C55H76N10O12. The Kier molecular flexibility index (Phi) is 23.5. The topological polar surface area (TPSA) is 299 Å². The van der Waals surface area contributed by atoms with Gasteiger partial charge in [-0.25, -0.2) is 4.79 Å². The van der Waals surface area contributed by atoms with Crippen molar-refractivity contribution in [3.05, 3.63) is 127 Å². The van der Waals surface area contributed by atoms with Gasteiger partial charge in [0.15, 0.2) is 12.6 Å². The Morgan fingerprint density at radius 1 is 0.649 bits per heavy atom. The number of hydrogen-bond acceptors (Lipinski definition) is 15. The normalized spacial score (nSPS) is 29.0. The summed E-state index contributed by atoms with van der Waals surface area (Å²) < 4.78 is 59.1. The van der Waals surface area contributed by atoms with Crippen LogP contribution in [-0.2, 0) is 49.1 Å². The molecule has 22 heteroatoms. The smallest absolute Gasteiger partial charge is 0.407 e. The number of nitrogens with zero attached hydrogens (tertiary/aromatic N) is 9. The first kappa shape index (κ1) is 59.1. The van der Waals surface area contributed by atoms with Gasteiger partial charge in [-0.2, -0.15) is 0 Å². The molecule has 0 radical (unpaired) electrons. The number of aliphatic hydroxyl groups excluding tert-OH is 2. The van der Waals surface area contributed by atoms with Crippen LogP contribution in [0.2, 0.25) is 0 Å². The average Bonchev–Trinajstić information content (AvgIpc) is 3.96. The summed E-state index contributed by atoms with van der Waals surface area (Å²) in [6, 6.07) is 22.0. The maximum atomic E-state index is 13.8. The number of carbonyl (C=O) groups excluding carboxylic acids is 1. The van der Waals surface area contributed by atoms with Gasteiger partial charge in [0.2, 0.25) is 0 Å². The molecule has 2 aliphatic heterocycles. The molecular weight excluding hydrogens is 993 g/mol. The molecule has 0 spiro atoms. The molecule has 1 amide bonds. The molecule has 7 rings (SSSR count). The Balaban J connectivity index is 1.22. The summed E-state index contributed by atoms with van der Waals surface area (Å²) in [5, 5.41) is 38.9. The second-order valence-corrected chi connectivity index (χ2v) is 19.9. The van der Waals surface area contributed by atoms with E-state index in [1.54, 1.807) is 0 Å². The monoisotopic (exact) mass is 1070 g/mol. The number of nitrogens with one attached hydrogen (secondary N) is 1. The first-order valence-corrected chi connectivity index (χ1v) is 27.4. The summed E-state index contributed by atoms with van der Waals surface area (Å²) in [7, 11) is 0. The van der Waals surface area contributed by atoms with Gasteiger partial charge in [0.05, 0.1) is 36.5 Å². The number of hydrogen-bond donors (Lipinski definition) is 3. The van der Waals surface area contributed by atoms with Gasteiger partial charge < -0.3 is 58.2 Å². The standard InChI is InChI=1S/C55H76N10O12/c1-5-9-26-69-46-40(60-63-56)31-41(61-64-57)47(52(46)77-54-51(72-29-12-8-4)45(67)48(76-54)42(66)30-34-20-14-13-15-21-34)75-53-44(62-65-58)50(71-28-11-7-3)49(70-27-10-6-2)43(74-53)32-59-55(68)73-33-39-37-24-18-16-22-35(37)36-23-17-19-25-38(36)39/h13-25,39-54,66-67H,5-12,26-33H2,1-4H3,(H,59,68). The van der Waals surface area contributed by atoms with Gasteiger partial charge in [0.1, 0.15) is 49.3 Å². The Bertz CT molecular complexity index is 2400. The van der Waals surface area contributed by atoms with E-state index in [1.807, 2.05) is 94.4 Å². The van der Waals surface area contributed by atoms with Crippen molar-refractivity contribution in [1.82, 2.24) is 5.32 Å². The van der Waals surface area contributed by atoms with Crippen LogP contribution in [0.15, 0.2) is 94.2 Å². The average molecular weight is 1070 g/mol. The van der Waals surface area contributed by atoms with Crippen LogP contribution in [0.4, 0.5) is 4.79 Å². The SMILES string of the molecule is CCCCOC1C(OC2C(OCCCC)C(N=[N+]=[N-])CC(N=[N+]=[N-])C2OC2OC(CNC(=O)OCC3c4ccccc4-c4ccccc43)C(OCCCC)C(OCCCC)C2N=[N+]=[N-])OC(C(O)Cc2ccccc2)C1O. The lowest BCUT2D eigenvalue weighted by Crippen LogP contribution is -2.65. The number of carbonyl (C=O) groups is 1. The van der Waals surface area contributed by atoms with Crippen LogP contribution < -0.4 is 5.32 Å². The van der Waals surface area contributed by atoms with E-state index in [1.165, 1.54) is 0 Å². The molecule has 0 aromatic heterocycles. The van der Waals surface area contributed by atoms with E-state index in [9.17, 15) is 31.6 Å². The first-order chi connectivity index (χ1) is 37.7. The lowest BCUT2D eigenvalue weighted by molar-refractivity contribution is -0.316. The molecule has 15 atom stereocenters. The molecule has 3 N–H and O–H groups in total. The maximum Gasteiger partial charge on any atom is 0.407 e. The van der Waals surface area contributed by atoms with Crippen LogP contribution in [-0.4, -0.2) is 148 Å². The number of unbranched alkanes of at least 4 members (excludes halogenated alkanes) is 4. The molecule has 3 fully saturated rings. The number of fused-ring (bicyclic) bond motifs is 3. The predicted octanol–water partition coefficient (Wildman–Crippen LogP) is 9.89. The fourth-order valence-corrected chi connectivity index (χ4v) is 10.6. The number of benzene rings is 3.